The predicted octanol–water partition coefficient (Wildman–Crippen LogP) is 4.85. The molecule has 0 unspecified atom stereocenters. The Hall–Kier alpha value is -5.62. The molecule has 3 aromatic carbocycles. The van der Waals surface area contributed by atoms with Gasteiger partial charge in [0.05, 0.1) is 11.9 Å². The van der Waals surface area contributed by atoms with Crippen LogP contribution in [0.15, 0.2) is 104 Å². The average Bonchev–Trinajstić information content (AvgIpc) is 3.37. The van der Waals surface area contributed by atoms with Crippen LogP contribution in [0.4, 0.5) is 5.82 Å². The van der Waals surface area contributed by atoms with Gasteiger partial charge in [-0.25, -0.2) is 14.6 Å². The van der Waals surface area contributed by atoms with Crippen LogP contribution in [0.25, 0.3) is 11.0 Å². The maximum Gasteiger partial charge on any atom is 0.246 e. The molecule has 41 heavy (non-hydrogen) atoms. The van der Waals surface area contributed by atoms with Crippen molar-refractivity contribution in [1.82, 2.24) is 24.6 Å². The summed E-state index contributed by atoms with van der Waals surface area (Å²) < 4.78 is 13.4. The fourth-order valence-corrected chi connectivity index (χ4v) is 4.18. The molecule has 0 spiro atoms. The van der Waals surface area contributed by atoms with Crippen LogP contribution in [0.5, 0.6) is 17.2 Å². The van der Waals surface area contributed by atoms with Crippen LogP contribution in [0.3, 0.4) is 0 Å². The lowest BCUT2D eigenvalue weighted by molar-refractivity contribution is -0.126. The number of nitrogen functional groups attached to an aromatic ring is 1. The number of hydrogen-bond donors (Lipinski definition) is 1. The van der Waals surface area contributed by atoms with E-state index >= 15 is 0 Å². The maximum atomic E-state index is 12.6. The first-order valence-electron chi connectivity index (χ1n) is 13.0. The smallest absolute Gasteiger partial charge is 0.246 e. The van der Waals surface area contributed by atoms with Gasteiger partial charge in [0.1, 0.15) is 41.7 Å². The molecule has 9 heteroatoms. The molecule has 1 amide bonds. The number of fused-ring (bicyclic) bond motifs is 1. The van der Waals surface area contributed by atoms with E-state index < -0.39 is 0 Å². The molecule has 0 aliphatic carbocycles. The number of nitrogens with two attached hydrogens (primary N) is 1. The van der Waals surface area contributed by atoms with E-state index in [1.807, 2.05) is 78.9 Å². The number of carbonyl (C=O) groups is 1. The van der Waals surface area contributed by atoms with Crippen LogP contribution in [0.2, 0.25) is 0 Å². The highest BCUT2D eigenvalue weighted by Gasteiger charge is 2.17. The van der Waals surface area contributed by atoms with Crippen molar-refractivity contribution in [3.8, 4) is 29.1 Å². The highest BCUT2D eigenvalue weighted by atomic mass is 16.5. The number of ether oxygens (including phenoxy) is 2. The Morgan fingerprint density at radius 3 is 2.49 bits per heavy atom. The summed E-state index contributed by atoms with van der Waals surface area (Å²) >= 11 is 0. The maximum absolute atomic E-state index is 12.6. The molecule has 0 saturated heterocycles. The summed E-state index contributed by atoms with van der Waals surface area (Å²) in [6.45, 7) is 4.98. The van der Waals surface area contributed by atoms with Crippen LogP contribution < -0.4 is 15.2 Å². The number of nitrogens with zero attached hydrogens (tertiary/aromatic N) is 5. The minimum atomic E-state index is -0.171. The topological polar surface area (TPSA) is 108 Å². The number of para-hydroxylation sites is 1. The second-order valence-electron chi connectivity index (χ2n) is 8.96. The molecule has 2 aromatic heterocycles. The molecule has 204 valence electrons. The quantitative estimate of drug-likeness (QED) is 0.198. The third-order valence-corrected chi connectivity index (χ3v) is 6.15. The molecule has 2 N–H and O–H groups in total. The third kappa shape index (κ3) is 6.88. The van der Waals surface area contributed by atoms with Gasteiger partial charge < -0.3 is 20.1 Å². The molecule has 5 aromatic rings. The van der Waals surface area contributed by atoms with E-state index in [0.29, 0.717) is 47.9 Å². The van der Waals surface area contributed by atoms with Crippen LogP contribution in [-0.2, 0) is 17.9 Å². The lowest BCUT2D eigenvalue weighted by atomic mass is 10.2. The summed E-state index contributed by atoms with van der Waals surface area (Å²) in [4.78, 5) is 22.8. The Balaban J connectivity index is 1.29. The number of benzene rings is 3. The van der Waals surface area contributed by atoms with Crippen molar-refractivity contribution >= 4 is 22.8 Å². The Morgan fingerprint density at radius 1 is 0.976 bits per heavy atom. The zero-order valence-electron chi connectivity index (χ0n) is 22.3. The first-order chi connectivity index (χ1) is 20.1. The largest absolute Gasteiger partial charge is 0.481 e. The molecular weight excluding hydrogens is 516 g/mol. The van der Waals surface area contributed by atoms with Gasteiger partial charge in [-0.15, -0.1) is 0 Å². The summed E-state index contributed by atoms with van der Waals surface area (Å²) in [5.74, 6) is 8.17. The van der Waals surface area contributed by atoms with Gasteiger partial charge >= 0.3 is 0 Å². The van der Waals surface area contributed by atoms with E-state index in [1.165, 1.54) is 12.4 Å². The molecule has 0 fully saturated rings. The molecular formula is C32H28N6O3. The van der Waals surface area contributed by atoms with E-state index in [4.69, 9.17) is 15.2 Å². The Labute approximate surface area is 237 Å². The van der Waals surface area contributed by atoms with E-state index in [1.54, 1.807) is 15.6 Å². The first kappa shape index (κ1) is 27.0. The highest BCUT2D eigenvalue weighted by molar-refractivity contribution is 5.90. The number of aromatic nitrogens is 4. The van der Waals surface area contributed by atoms with Crippen molar-refractivity contribution in [2.45, 2.75) is 13.1 Å². The molecule has 0 bridgehead atoms. The highest BCUT2D eigenvalue weighted by Crippen LogP contribution is 2.25. The van der Waals surface area contributed by atoms with Crippen molar-refractivity contribution < 1.29 is 14.3 Å². The number of amides is 1. The molecule has 0 saturated carbocycles. The lowest BCUT2D eigenvalue weighted by Crippen LogP contribution is -2.32. The monoisotopic (exact) mass is 544 g/mol. The van der Waals surface area contributed by atoms with Crippen molar-refractivity contribution in [3.05, 3.63) is 115 Å². The molecule has 0 atom stereocenters. The predicted molar refractivity (Wildman–Crippen MR) is 157 cm³/mol. The van der Waals surface area contributed by atoms with Crippen molar-refractivity contribution in [2.24, 2.45) is 0 Å². The normalized spacial score (nSPS) is 10.4. The number of carbonyl (C=O) groups excluding carboxylic acids is 1. The summed E-state index contributed by atoms with van der Waals surface area (Å²) in [6.07, 6.45) is 2.70. The van der Waals surface area contributed by atoms with Gasteiger partial charge in [0.2, 0.25) is 5.91 Å². The average molecular weight is 545 g/mol. The number of hydrogen-bond acceptors (Lipinski definition) is 7. The first-order valence-corrected chi connectivity index (χ1v) is 13.0. The van der Waals surface area contributed by atoms with Crippen LogP contribution >= 0.6 is 0 Å². The zero-order valence-corrected chi connectivity index (χ0v) is 22.3. The van der Waals surface area contributed by atoms with Gasteiger partial charge in [-0.3, -0.25) is 4.79 Å². The summed E-state index contributed by atoms with van der Waals surface area (Å²) in [5, 5.41) is 5.20. The van der Waals surface area contributed by atoms with Gasteiger partial charge in [0.25, 0.3) is 0 Å². The second-order valence-corrected chi connectivity index (χ2v) is 8.96. The second kappa shape index (κ2) is 13.0. The van der Waals surface area contributed by atoms with E-state index in [0.717, 1.165) is 11.3 Å². The van der Waals surface area contributed by atoms with Crippen LogP contribution in [0, 0.1) is 11.8 Å². The zero-order chi connectivity index (χ0) is 28.4. The summed E-state index contributed by atoms with van der Waals surface area (Å²) in [6, 6.07) is 26.6. The summed E-state index contributed by atoms with van der Waals surface area (Å²) in [7, 11) is 0. The fraction of sp³-hybridized carbons (Fsp3) is 0.125. The fourth-order valence-electron chi connectivity index (χ4n) is 4.18. The van der Waals surface area contributed by atoms with Crippen molar-refractivity contribution in [3.63, 3.8) is 0 Å². The van der Waals surface area contributed by atoms with Gasteiger partial charge in [-0.2, -0.15) is 5.10 Å². The number of rotatable bonds is 10. The van der Waals surface area contributed by atoms with Crippen LogP contribution in [-0.4, -0.2) is 43.7 Å². The SMILES string of the molecule is C=CC(=O)N(CCn1nc(C#CCOc2cccc(Oc3ccccc3)c2)c2c(N)ncnc21)Cc1ccccc1. The van der Waals surface area contributed by atoms with Gasteiger partial charge in [0.15, 0.2) is 5.65 Å². The Kier molecular flexibility index (Phi) is 8.52. The molecule has 0 aliphatic heterocycles. The van der Waals surface area contributed by atoms with Gasteiger partial charge in [0, 0.05) is 19.2 Å². The van der Waals surface area contributed by atoms with Crippen LogP contribution in [0.1, 0.15) is 11.3 Å². The third-order valence-electron chi connectivity index (χ3n) is 6.15. The van der Waals surface area contributed by atoms with Gasteiger partial charge in [-0.1, -0.05) is 67.1 Å². The molecule has 0 radical (unpaired) electrons. The molecule has 5 rings (SSSR count). The summed E-state index contributed by atoms with van der Waals surface area (Å²) in [5.41, 5.74) is 8.17. The van der Waals surface area contributed by atoms with E-state index in [2.05, 4.69) is 33.5 Å². The Bertz CT molecular complexity index is 1710. The standard InChI is InChI=1S/C32H28N6O3/c1-2-29(39)37(22-24-11-5-3-6-12-24)18-19-38-32-30(31(33)34-23-35-32)28(36-38)17-10-20-40-26-15-9-16-27(21-26)41-25-13-7-4-8-14-25/h2-9,11-16,21,23H,1,18-20,22H2,(H2,33,34,35). The molecule has 2 heterocycles. The van der Waals surface area contributed by atoms with E-state index in [-0.39, 0.29) is 18.3 Å². The van der Waals surface area contributed by atoms with Crippen molar-refractivity contribution in [1.29, 1.82) is 0 Å². The molecule has 9 nitrogen and oxygen atoms in total. The minimum Gasteiger partial charge on any atom is -0.481 e. The minimum absolute atomic E-state index is 0.120. The van der Waals surface area contributed by atoms with Crippen molar-refractivity contribution in [2.75, 3.05) is 18.9 Å². The number of anilines is 1. The Morgan fingerprint density at radius 2 is 1.71 bits per heavy atom. The van der Waals surface area contributed by atoms with E-state index in [9.17, 15) is 4.79 Å². The molecule has 0 aliphatic rings. The lowest BCUT2D eigenvalue weighted by Gasteiger charge is -2.21. The van der Waals surface area contributed by atoms with Gasteiger partial charge in [-0.05, 0) is 41.8 Å².